The molecule has 0 aliphatic heterocycles. The molecule has 23 heavy (non-hydrogen) atoms. The van der Waals surface area contributed by atoms with Crippen molar-refractivity contribution in [1.29, 1.82) is 0 Å². The zero-order chi connectivity index (χ0) is 16.2. The van der Waals surface area contributed by atoms with E-state index in [1.54, 1.807) is 24.3 Å². The molecule has 124 valence electrons. The van der Waals surface area contributed by atoms with Crippen molar-refractivity contribution >= 4 is 24.0 Å². The van der Waals surface area contributed by atoms with Gasteiger partial charge in [-0.25, -0.2) is 0 Å². The summed E-state index contributed by atoms with van der Waals surface area (Å²) in [6, 6.07) is 11.7. The minimum Gasteiger partial charge on any atom is -0.406 e. The van der Waals surface area contributed by atoms with Crippen LogP contribution in [0.25, 0.3) is 0 Å². The molecule has 1 amide bonds. The lowest BCUT2D eigenvalue weighted by atomic mass is 10.1. The van der Waals surface area contributed by atoms with E-state index >= 15 is 0 Å². The average molecular weight is 347 g/mol. The fourth-order valence-electron chi connectivity index (χ4n) is 1.77. The molecule has 2 aromatic carbocycles. The number of carbonyl (C=O) groups is 1. The zero-order valence-corrected chi connectivity index (χ0v) is 12.6. The minimum atomic E-state index is -4.78. The molecular formula is C15H14ClF3N2O2. The predicted molar refractivity (Wildman–Crippen MR) is 82.7 cm³/mol. The molecule has 0 atom stereocenters. The van der Waals surface area contributed by atoms with Crippen LogP contribution in [0, 0.1) is 0 Å². The molecule has 0 unspecified atom stereocenters. The van der Waals surface area contributed by atoms with Gasteiger partial charge in [-0.2, -0.15) is 0 Å². The van der Waals surface area contributed by atoms with Gasteiger partial charge >= 0.3 is 6.36 Å². The van der Waals surface area contributed by atoms with Crippen molar-refractivity contribution in [3.63, 3.8) is 0 Å². The Morgan fingerprint density at radius 1 is 1.13 bits per heavy atom. The highest BCUT2D eigenvalue weighted by Crippen LogP contribution is 2.25. The van der Waals surface area contributed by atoms with Crippen LogP contribution < -0.4 is 15.8 Å². The Hall–Kier alpha value is -2.25. The van der Waals surface area contributed by atoms with Crippen LogP contribution in [0.5, 0.6) is 5.75 Å². The Labute approximate surface area is 136 Å². The Balaban J connectivity index is 0.00000264. The number of anilines is 1. The number of amides is 1. The molecule has 8 heteroatoms. The van der Waals surface area contributed by atoms with Gasteiger partial charge in [-0.05, 0) is 29.8 Å². The molecule has 0 saturated heterocycles. The second-order valence-corrected chi connectivity index (χ2v) is 4.43. The van der Waals surface area contributed by atoms with Gasteiger partial charge in [-0.1, -0.05) is 18.2 Å². The van der Waals surface area contributed by atoms with Crippen LogP contribution in [0.1, 0.15) is 15.9 Å². The van der Waals surface area contributed by atoms with Gasteiger partial charge in [-0.3, -0.25) is 4.79 Å². The van der Waals surface area contributed by atoms with Gasteiger partial charge in [-0.15, -0.1) is 25.6 Å². The van der Waals surface area contributed by atoms with Crippen LogP contribution in [0.2, 0.25) is 0 Å². The second-order valence-electron chi connectivity index (χ2n) is 4.43. The van der Waals surface area contributed by atoms with Crippen molar-refractivity contribution < 1.29 is 22.7 Å². The molecule has 4 nitrogen and oxygen atoms in total. The van der Waals surface area contributed by atoms with Gasteiger partial charge in [0.05, 0.1) is 0 Å². The predicted octanol–water partition coefficient (Wildman–Crippen LogP) is 3.72. The summed E-state index contributed by atoms with van der Waals surface area (Å²) >= 11 is 0. The van der Waals surface area contributed by atoms with E-state index in [2.05, 4.69) is 10.1 Å². The molecular weight excluding hydrogens is 333 g/mol. The van der Waals surface area contributed by atoms with Gasteiger partial charge in [0, 0.05) is 23.9 Å². The first-order chi connectivity index (χ1) is 10.4. The number of ether oxygens (including phenoxy) is 1. The van der Waals surface area contributed by atoms with Crippen LogP contribution in [-0.2, 0) is 6.54 Å². The van der Waals surface area contributed by atoms with E-state index in [0.717, 1.165) is 17.7 Å². The topological polar surface area (TPSA) is 64.4 Å². The van der Waals surface area contributed by atoms with Gasteiger partial charge in [0.2, 0.25) is 0 Å². The van der Waals surface area contributed by atoms with Crippen LogP contribution >= 0.6 is 12.4 Å². The standard InChI is InChI=1S/C15H13F3N2O2.ClH/c16-15(17,18)22-13-3-1-2-12(8-13)20-14(21)11-6-4-10(9-19)5-7-11;/h1-8H,9,19H2,(H,20,21);1H. The summed E-state index contributed by atoms with van der Waals surface area (Å²) in [5.41, 5.74) is 6.91. The van der Waals surface area contributed by atoms with Crippen LogP contribution in [0.15, 0.2) is 48.5 Å². The highest BCUT2D eigenvalue weighted by atomic mass is 35.5. The number of hydrogen-bond donors (Lipinski definition) is 2. The molecule has 0 saturated carbocycles. The molecule has 2 aromatic rings. The van der Waals surface area contributed by atoms with E-state index in [1.807, 2.05) is 0 Å². The summed E-state index contributed by atoms with van der Waals surface area (Å²) in [7, 11) is 0. The van der Waals surface area contributed by atoms with Crippen LogP contribution in [0.3, 0.4) is 0 Å². The van der Waals surface area contributed by atoms with E-state index in [-0.39, 0.29) is 18.1 Å². The highest BCUT2D eigenvalue weighted by molar-refractivity contribution is 6.04. The number of hydrogen-bond acceptors (Lipinski definition) is 3. The van der Waals surface area contributed by atoms with Crippen molar-refractivity contribution in [2.24, 2.45) is 5.73 Å². The largest absolute Gasteiger partial charge is 0.573 e. The maximum absolute atomic E-state index is 12.2. The van der Waals surface area contributed by atoms with E-state index in [0.29, 0.717) is 12.1 Å². The zero-order valence-electron chi connectivity index (χ0n) is 11.8. The molecule has 0 bridgehead atoms. The Bertz CT molecular complexity index is 661. The first-order valence-corrected chi connectivity index (χ1v) is 6.33. The van der Waals surface area contributed by atoms with E-state index in [1.165, 1.54) is 12.1 Å². The van der Waals surface area contributed by atoms with E-state index in [4.69, 9.17) is 5.73 Å². The molecule has 0 heterocycles. The lowest BCUT2D eigenvalue weighted by Gasteiger charge is -2.11. The first kappa shape index (κ1) is 18.8. The lowest BCUT2D eigenvalue weighted by Crippen LogP contribution is -2.17. The summed E-state index contributed by atoms with van der Waals surface area (Å²) < 4.78 is 40.3. The Morgan fingerprint density at radius 2 is 1.78 bits per heavy atom. The summed E-state index contributed by atoms with van der Waals surface area (Å²) in [5.74, 6) is -0.837. The maximum Gasteiger partial charge on any atom is 0.573 e. The van der Waals surface area contributed by atoms with Crippen LogP contribution in [-0.4, -0.2) is 12.3 Å². The fourth-order valence-corrected chi connectivity index (χ4v) is 1.77. The monoisotopic (exact) mass is 346 g/mol. The molecule has 3 N–H and O–H groups in total. The third kappa shape index (κ3) is 5.80. The van der Waals surface area contributed by atoms with Gasteiger partial charge in [0.1, 0.15) is 5.75 Å². The van der Waals surface area contributed by atoms with Gasteiger partial charge < -0.3 is 15.8 Å². The van der Waals surface area contributed by atoms with Crippen LogP contribution in [0.4, 0.5) is 18.9 Å². The first-order valence-electron chi connectivity index (χ1n) is 6.33. The van der Waals surface area contributed by atoms with Gasteiger partial charge in [0.25, 0.3) is 5.91 Å². The molecule has 0 radical (unpaired) electrons. The third-order valence-electron chi connectivity index (χ3n) is 2.78. The molecule has 0 aromatic heterocycles. The van der Waals surface area contributed by atoms with Crippen molar-refractivity contribution in [1.82, 2.24) is 0 Å². The lowest BCUT2D eigenvalue weighted by molar-refractivity contribution is -0.274. The summed E-state index contributed by atoms with van der Waals surface area (Å²) in [6.45, 7) is 0.360. The van der Waals surface area contributed by atoms with E-state index in [9.17, 15) is 18.0 Å². The summed E-state index contributed by atoms with van der Waals surface area (Å²) in [6.07, 6.45) is -4.78. The summed E-state index contributed by atoms with van der Waals surface area (Å²) in [5, 5.41) is 2.50. The number of benzene rings is 2. The van der Waals surface area contributed by atoms with Crippen molar-refractivity contribution in [2.45, 2.75) is 12.9 Å². The van der Waals surface area contributed by atoms with Crippen molar-refractivity contribution in [3.05, 3.63) is 59.7 Å². The number of rotatable bonds is 4. The number of alkyl halides is 3. The van der Waals surface area contributed by atoms with Gasteiger partial charge in [0.15, 0.2) is 0 Å². The highest BCUT2D eigenvalue weighted by Gasteiger charge is 2.31. The number of nitrogens with two attached hydrogens (primary N) is 1. The van der Waals surface area contributed by atoms with Crippen molar-refractivity contribution in [3.8, 4) is 5.75 Å². The smallest absolute Gasteiger partial charge is 0.406 e. The normalized spacial score (nSPS) is 10.6. The summed E-state index contributed by atoms with van der Waals surface area (Å²) in [4.78, 5) is 12.0. The average Bonchev–Trinajstić information content (AvgIpc) is 2.46. The number of carbonyl (C=O) groups excluding carboxylic acids is 1. The molecule has 0 fully saturated rings. The number of halogens is 4. The minimum absolute atomic E-state index is 0. The number of nitrogens with one attached hydrogen (secondary N) is 1. The second kappa shape index (κ2) is 7.85. The molecule has 0 spiro atoms. The fraction of sp³-hybridized carbons (Fsp3) is 0.133. The Morgan fingerprint density at radius 3 is 2.35 bits per heavy atom. The third-order valence-corrected chi connectivity index (χ3v) is 2.78. The molecule has 2 rings (SSSR count). The van der Waals surface area contributed by atoms with E-state index < -0.39 is 18.0 Å². The SMILES string of the molecule is Cl.NCc1ccc(C(=O)Nc2cccc(OC(F)(F)F)c2)cc1. The maximum atomic E-state index is 12.2. The Kier molecular flexibility index (Phi) is 6.41. The molecule has 0 aliphatic rings. The van der Waals surface area contributed by atoms with Crippen molar-refractivity contribution in [2.75, 3.05) is 5.32 Å². The molecule has 0 aliphatic carbocycles. The quantitative estimate of drug-likeness (QED) is 0.886.